The molecule has 4 N–H and O–H groups in total. The number of carbonyl (C=O) groups is 2. The maximum absolute atomic E-state index is 12.6. The van der Waals surface area contributed by atoms with Crippen LogP contribution in [0.3, 0.4) is 0 Å². The number of rotatable bonds is 7. The zero-order valence-corrected chi connectivity index (χ0v) is 20.9. The number of fused-ring (bicyclic) bond motifs is 2. The lowest BCUT2D eigenvalue weighted by molar-refractivity contribution is -0.163. The van der Waals surface area contributed by atoms with Crippen molar-refractivity contribution in [1.29, 1.82) is 0 Å². The summed E-state index contributed by atoms with van der Waals surface area (Å²) in [5.41, 5.74) is 3.50. The van der Waals surface area contributed by atoms with Crippen molar-refractivity contribution in [1.82, 2.24) is 20.6 Å². The fraction of sp³-hybridized carbons (Fsp3) is 0.296. The number of hydrogen-bond acceptors (Lipinski definition) is 4. The number of benzene rings is 2. The number of para-hydroxylation sites is 2. The second-order valence-corrected chi connectivity index (χ2v) is 9.93. The van der Waals surface area contributed by atoms with Crippen LogP contribution < -0.4 is 10.6 Å². The first-order valence-electron chi connectivity index (χ1n) is 11.6. The van der Waals surface area contributed by atoms with Gasteiger partial charge in [0.1, 0.15) is 5.60 Å². The molecule has 0 radical (unpaired) electrons. The van der Waals surface area contributed by atoms with Gasteiger partial charge in [-0.25, -0.2) is 4.79 Å². The van der Waals surface area contributed by atoms with Crippen molar-refractivity contribution in [3.05, 3.63) is 72.1 Å². The number of nitrogens with one attached hydrogen (secondary N) is 4. The van der Waals surface area contributed by atoms with Gasteiger partial charge < -0.3 is 25.3 Å². The van der Waals surface area contributed by atoms with Gasteiger partial charge in [0.25, 0.3) is 0 Å². The van der Waals surface area contributed by atoms with E-state index in [4.69, 9.17) is 17.0 Å². The van der Waals surface area contributed by atoms with Crippen LogP contribution in [0.15, 0.2) is 60.9 Å². The zero-order chi connectivity index (χ0) is 25.0. The molecule has 0 aliphatic heterocycles. The molecule has 8 heteroatoms. The van der Waals surface area contributed by atoms with Gasteiger partial charge in [-0.05, 0) is 50.5 Å². The molecule has 0 aliphatic carbocycles. The van der Waals surface area contributed by atoms with Gasteiger partial charge in [0.2, 0.25) is 0 Å². The smallest absolute Gasteiger partial charge is 0.397 e. The topological polar surface area (TPSA) is 99.0 Å². The van der Waals surface area contributed by atoms with E-state index in [0.29, 0.717) is 18.0 Å². The number of esters is 1. The van der Waals surface area contributed by atoms with Crippen molar-refractivity contribution >= 4 is 50.9 Å². The summed E-state index contributed by atoms with van der Waals surface area (Å²) in [6, 6.07) is 15.5. The Kier molecular flexibility index (Phi) is 7.21. The van der Waals surface area contributed by atoms with Crippen molar-refractivity contribution in [3.63, 3.8) is 0 Å². The Labute approximate surface area is 209 Å². The normalized spacial score (nSPS) is 12.4. The summed E-state index contributed by atoms with van der Waals surface area (Å²) in [7, 11) is 0. The Morgan fingerprint density at radius 1 is 0.943 bits per heavy atom. The molecule has 0 spiro atoms. The molecule has 1 atom stereocenters. The van der Waals surface area contributed by atoms with E-state index in [-0.39, 0.29) is 0 Å². The van der Waals surface area contributed by atoms with Crippen LogP contribution in [0.4, 0.5) is 0 Å². The molecule has 182 valence electrons. The second kappa shape index (κ2) is 10.3. The predicted molar refractivity (Wildman–Crippen MR) is 142 cm³/mol. The van der Waals surface area contributed by atoms with Crippen LogP contribution in [0.25, 0.3) is 21.8 Å². The number of amides is 1. The minimum absolute atomic E-state index is 0.428. The van der Waals surface area contributed by atoms with Crippen LogP contribution in [-0.4, -0.2) is 45.0 Å². The molecule has 2 aromatic heterocycles. The first-order valence-corrected chi connectivity index (χ1v) is 12.0. The molecule has 0 saturated heterocycles. The summed E-state index contributed by atoms with van der Waals surface area (Å²) in [5, 5.41) is 8.28. The van der Waals surface area contributed by atoms with Gasteiger partial charge in [0.05, 0.1) is 11.0 Å². The highest BCUT2D eigenvalue weighted by Crippen LogP contribution is 2.20. The van der Waals surface area contributed by atoms with Crippen LogP contribution in [0.2, 0.25) is 0 Å². The second-order valence-electron chi connectivity index (χ2n) is 9.49. The maximum Gasteiger partial charge on any atom is 0.397 e. The Morgan fingerprint density at radius 3 is 2.14 bits per heavy atom. The molecule has 0 unspecified atom stereocenters. The first kappa shape index (κ1) is 24.5. The third-order valence-electron chi connectivity index (χ3n) is 5.67. The molecule has 0 saturated carbocycles. The van der Waals surface area contributed by atoms with Crippen LogP contribution >= 0.6 is 12.2 Å². The van der Waals surface area contributed by atoms with E-state index in [1.54, 1.807) is 20.8 Å². The largest absolute Gasteiger partial charge is 0.453 e. The molecule has 4 aromatic rings. The van der Waals surface area contributed by atoms with Crippen LogP contribution in [0.1, 0.15) is 31.9 Å². The van der Waals surface area contributed by atoms with Crippen LogP contribution in [0, 0.1) is 0 Å². The average molecular weight is 491 g/mol. The maximum atomic E-state index is 12.6. The zero-order valence-electron chi connectivity index (χ0n) is 20.1. The fourth-order valence-electron chi connectivity index (χ4n) is 4.05. The van der Waals surface area contributed by atoms with Gasteiger partial charge in [-0.2, -0.15) is 0 Å². The molecule has 0 aliphatic rings. The van der Waals surface area contributed by atoms with Gasteiger partial charge in [-0.1, -0.05) is 48.6 Å². The summed E-state index contributed by atoms with van der Waals surface area (Å²) in [5.74, 6) is -1.74. The number of aromatic nitrogens is 2. The third-order valence-corrected chi connectivity index (χ3v) is 6.10. The molecule has 2 heterocycles. The fourth-order valence-corrected chi connectivity index (χ4v) is 4.30. The first-order chi connectivity index (χ1) is 16.7. The summed E-state index contributed by atoms with van der Waals surface area (Å²) < 4.78 is 5.23. The van der Waals surface area contributed by atoms with Crippen LogP contribution in [-0.2, 0) is 27.2 Å². The van der Waals surface area contributed by atoms with E-state index in [0.717, 1.165) is 28.4 Å². The Bertz CT molecular complexity index is 1370. The lowest BCUT2D eigenvalue weighted by atomic mass is 10.0. The lowest BCUT2D eigenvalue weighted by Gasteiger charge is -2.23. The van der Waals surface area contributed by atoms with Gasteiger partial charge in [0, 0.05) is 47.2 Å². The molecule has 35 heavy (non-hydrogen) atoms. The van der Waals surface area contributed by atoms with Gasteiger partial charge in [-0.3, -0.25) is 4.79 Å². The molecule has 7 nitrogen and oxygen atoms in total. The Morgan fingerprint density at radius 2 is 1.51 bits per heavy atom. The van der Waals surface area contributed by atoms with Crippen molar-refractivity contribution < 1.29 is 14.3 Å². The number of carbonyl (C=O) groups excluding carboxylic acids is 2. The highest BCUT2D eigenvalue weighted by Gasteiger charge is 2.27. The monoisotopic (exact) mass is 490 g/mol. The molecular formula is C27H30N4O3S. The number of ether oxygens (including phenoxy) is 1. The summed E-state index contributed by atoms with van der Waals surface area (Å²) >= 11 is 5.68. The minimum atomic E-state index is -0.928. The van der Waals surface area contributed by atoms with Crippen molar-refractivity contribution in [3.8, 4) is 0 Å². The van der Waals surface area contributed by atoms with Crippen molar-refractivity contribution in [2.24, 2.45) is 0 Å². The van der Waals surface area contributed by atoms with E-state index in [2.05, 4.69) is 26.7 Å². The van der Waals surface area contributed by atoms with Crippen molar-refractivity contribution in [2.45, 2.75) is 45.3 Å². The van der Waals surface area contributed by atoms with E-state index < -0.39 is 23.5 Å². The molecule has 4 rings (SSSR count). The lowest BCUT2D eigenvalue weighted by Crippen LogP contribution is -2.50. The van der Waals surface area contributed by atoms with E-state index in [1.807, 2.05) is 54.9 Å². The molecule has 1 amide bonds. The quantitative estimate of drug-likeness (QED) is 0.177. The number of thiocarbonyl (C=S) groups is 1. The number of aromatic amines is 2. The van der Waals surface area contributed by atoms with Crippen molar-refractivity contribution in [2.75, 3.05) is 6.54 Å². The Balaban J connectivity index is 1.46. The Hall–Kier alpha value is -3.65. The average Bonchev–Trinajstić information content (AvgIpc) is 3.42. The molecule has 0 bridgehead atoms. The van der Waals surface area contributed by atoms with E-state index in [9.17, 15) is 9.59 Å². The van der Waals surface area contributed by atoms with Gasteiger partial charge in [0.15, 0.2) is 0 Å². The van der Waals surface area contributed by atoms with Crippen LogP contribution in [0.5, 0.6) is 0 Å². The van der Waals surface area contributed by atoms with E-state index in [1.165, 1.54) is 10.9 Å². The number of H-pyrrole nitrogens is 2. The summed E-state index contributed by atoms with van der Waals surface area (Å²) in [4.78, 5) is 32.0. The molecule has 0 fully saturated rings. The molecular weight excluding hydrogens is 460 g/mol. The van der Waals surface area contributed by atoms with Gasteiger partial charge in [-0.15, -0.1) is 0 Å². The minimum Gasteiger partial charge on any atom is -0.453 e. The standard InChI is InChI=1S/C27H30N4O3S/c1-27(2,3)34-26(33)24(32)31-23(14-18-16-30-22-11-7-5-9-20(18)22)25(35)28-13-12-17-15-29-21-10-6-4-8-19(17)21/h4-11,15-16,23,29-30H,12-14H2,1-3H3,(H,28,35)(H,31,32)/t23-/m0/s1. The molecule has 2 aromatic carbocycles. The number of hydrogen-bond donors (Lipinski definition) is 4. The SMILES string of the molecule is CC(C)(C)OC(=O)C(=O)N[C@@H](Cc1c[nH]c2ccccc12)C(=S)NCCc1c[nH]c2ccccc12. The highest BCUT2D eigenvalue weighted by molar-refractivity contribution is 7.80. The highest BCUT2D eigenvalue weighted by atomic mass is 32.1. The van der Waals surface area contributed by atoms with E-state index >= 15 is 0 Å². The predicted octanol–water partition coefficient (Wildman–Crippen LogP) is 4.18. The summed E-state index contributed by atoms with van der Waals surface area (Å²) in [6.07, 6.45) is 5.09. The summed E-state index contributed by atoms with van der Waals surface area (Å²) in [6.45, 7) is 5.75. The third kappa shape index (κ3) is 6.08. The van der Waals surface area contributed by atoms with Gasteiger partial charge >= 0.3 is 11.9 Å².